The lowest BCUT2D eigenvalue weighted by molar-refractivity contribution is -0.354. The second kappa shape index (κ2) is 12.5. The van der Waals surface area contributed by atoms with Crippen molar-refractivity contribution in [1.82, 2.24) is 10.5 Å². The molecule has 22 heavy (non-hydrogen) atoms. The van der Waals surface area contributed by atoms with Gasteiger partial charge in [-0.2, -0.15) is 0 Å². The minimum absolute atomic E-state index is 0. The third-order valence-corrected chi connectivity index (χ3v) is 1.39. The smallest absolute Gasteiger partial charge is 0.326 e. The van der Waals surface area contributed by atoms with E-state index in [-0.39, 0.29) is 24.0 Å². The Bertz CT molecular complexity index is 318. The molecule has 0 rings (SSSR count). The van der Waals surface area contributed by atoms with Crippen molar-refractivity contribution in [3.8, 4) is 0 Å². The zero-order chi connectivity index (χ0) is 15.7. The van der Waals surface area contributed by atoms with Crippen LogP contribution in [0.4, 0.5) is 0 Å². The Balaban J connectivity index is -0.00000180. The Morgan fingerprint density at radius 1 is 0.591 bits per heavy atom. The molecule has 0 aliphatic heterocycles. The van der Waals surface area contributed by atoms with Crippen LogP contribution >= 0.6 is 0 Å². The SMILES string of the molecule is CC(=O)ON(CCN(OC(C)=O)OC(C)=O)OC(C)=O.O.O. The zero-order valence-corrected chi connectivity index (χ0v) is 12.6. The topological polar surface area (TPSA) is 175 Å². The highest BCUT2D eigenvalue weighted by Crippen LogP contribution is 1.99. The summed E-state index contributed by atoms with van der Waals surface area (Å²) in [5.74, 6) is -2.90. The molecule has 4 N–H and O–H groups in total. The molecule has 12 heteroatoms. The number of carbonyl (C=O) groups excluding carboxylic acids is 4. The Morgan fingerprint density at radius 2 is 0.773 bits per heavy atom. The van der Waals surface area contributed by atoms with Crippen LogP contribution in [0.5, 0.6) is 0 Å². The van der Waals surface area contributed by atoms with Crippen molar-refractivity contribution in [3.05, 3.63) is 0 Å². The van der Waals surface area contributed by atoms with Crippen LogP contribution in [0, 0.1) is 0 Å². The molecule has 0 aromatic rings. The molecule has 0 saturated heterocycles. The molecule has 130 valence electrons. The van der Waals surface area contributed by atoms with Gasteiger partial charge in [-0.05, 0) is 0 Å². The van der Waals surface area contributed by atoms with Crippen LogP contribution in [-0.4, -0.2) is 58.4 Å². The third kappa shape index (κ3) is 14.1. The monoisotopic (exact) mass is 328 g/mol. The van der Waals surface area contributed by atoms with Crippen LogP contribution in [0.2, 0.25) is 0 Å². The fraction of sp³-hybridized carbons (Fsp3) is 0.600. The van der Waals surface area contributed by atoms with E-state index >= 15 is 0 Å². The average molecular weight is 328 g/mol. The van der Waals surface area contributed by atoms with Gasteiger partial charge >= 0.3 is 23.9 Å². The van der Waals surface area contributed by atoms with Gasteiger partial charge in [-0.3, -0.25) is 19.2 Å². The summed E-state index contributed by atoms with van der Waals surface area (Å²) in [5.41, 5.74) is 0. The van der Waals surface area contributed by atoms with Gasteiger partial charge in [-0.15, -0.1) is 0 Å². The lowest BCUT2D eigenvalue weighted by atomic mass is 10.7. The Labute approximate surface area is 125 Å². The number of carbonyl (C=O) groups is 4. The summed E-state index contributed by atoms with van der Waals surface area (Å²) >= 11 is 0. The third-order valence-electron chi connectivity index (χ3n) is 1.39. The van der Waals surface area contributed by atoms with E-state index in [9.17, 15) is 19.2 Å². The molecule has 0 amide bonds. The van der Waals surface area contributed by atoms with Gasteiger partial charge in [0.2, 0.25) is 0 Å². The van der Waals surface area contributed by atoms with Crippen molar-refractivity contribution >= 4 is 23.9 Å². The molecule has 0 aliphatic rings. The number of rotatable bonds is 7. The van der Waals surface area contributed by atoms with Crippen molar-refractivity contribution in [2.24, 2.45) is 0 Å². The van der Waals surface area contributed by atoms with Crippen LogP contribution in [0.15, 0.2) is 0 Å². The number of hydrogen-bond acceptors (Lipinski definition) is 10. The minimum atomic E-state index is -0.724. The van der Waals surface area contributed by atoms with Gasteiger partial charge in [-0.1, -0.05) is 0 Å². The molecular formula is C10H20N2O10. The maximum absolute atomic E-state index is 10.8. The van der Waals surface area contributed by atoms with Crippen molar-refractivity contribution in [2.45, 2.75) is 27.7 Å². The first-order valence-electron chi connectivity index (χ1n) is 5.50. The average Bonchev–Trinajstić information content (AvgIpc) is 2.22. The van der Waals surface area contributed by atoms with Crippen molar-refractivity contribution < 1.29 is 49.5 Å². The lowest BCUT2D eigenvalue weighted by Gasteiger charge is -2.22. The molecular weight excluding hydrogens is 308 g/mol. The first-order valence-corrected chi connectivity index (χ1v) is 5.50. The predicted molar refractivity (Wildman–Crippen MR) is 67.7 cm³/mol. The minimum Gasteiger partial charge on any atom is -0.412 e. The summed E-state index contributed by atoms with van der Waals surface area (Å²) in [6, 6.07) is 0. The molecule has 0 aromatic heterocycles. The van der Waals surface area contributed by atoms with E-state index in [1.807, 2.05) is 0 Å². The van der Waals surface area contributed by atoms with Crippen LogP contribution < -0.4 is 0 Å². The van der Waals surface area contributed by atoms with E-state index in [0.29, 0.717) is 10.5 Å². The van der Waals surface area contributed by atoms with Gasteiger partial charge in [0.05, 0.1) is 13.1 Å². The van der Waals surface area contributed by atoms with Crippen LogP contribution in [0.3, 0.4) is 0 Å². The van der Waals surface area contributed by atoms with Gasteiger partial charge in [-0.25, -0.2) is 0 Å². The highest BCUT2D eigenvalue weighted by atomic mass is 17.0. The Morgan fingerprint density at radius 3 is 0.909 bits per heavy atom. The van der Waals surface area contributed by atoms with E-state index < -0.39 is 23.9 Å². The zero-order valence-electron chi connectivity index (χ0n) is 12.6. The van der Waals surface area contributed by atoms with E-state index in [2.05, 4.69) is 19.4 Å². The van der Waals surface area contributed by atoms with Crippen LogP contribution in [0.1, 0.15) is 27.7 Å². The number of nitrogens with zero attached hydrogens (tertiary/aromatic N) is 2. The first kappa shape index (κ1) is 24.7. The van der Waals surface area contributed by atoms with Crippen molar-refractivity contribution in [2.75, 3.05) is 13.1 Å². The highest BCUT2D eigenvalue weighted by Gasteiger charge is 2.18. The van der Waals surface area contributed by atoms with Gasteiger partial charge in [0.15, 0.2) is 0 Å². The van der Waals surface area contributed by atoms with E-state index in [0.717, 1.165) is 27.7 Å². The normalized spacial score (nSPS) is 9.18. The Kier molecular flexibility index (Phi) is 14.0. The van der Waals surface area contributed by atoms with E-state index in [4.69, 9.17) is 0 Å². The highest BCUT2D eigenvalue weighted by molar-refractivity contribution is 5.67. The second-order valence-electron chi connectivity index (χ2n) is 3.44. The predicted octanol–water partition coefficient (Wildman–Crippen LogP) is -2.15. The van der Waals surface area contributed by atoms with E-state index in [1.54, 1.807) is 0 Å². The standard InChI is InChI=1S/C10H16N2O8.2H2O/c1-7(13)17-11(18-8(2)14)5-6-12(19-9(3)15)20-10(4)16;;/h5-6H2,1-4H3;2*1H2. The maximum Gasteiger partial charge on any atom is 0.326 e. The number of hydroxylamine groups is 4. The molecule has 0 bridgehead atoms. The molecule has 0 aromatic carbocycles. The largest absolute Gasteiger partial charge is 0.412 e. The first-order chi connectivity index (χ1) is 9.20. The van der Waals surface area contributed by atoms with Crippen molar-refractivity contribution in [3.63, 3.8) is 0 Å². The maximum atomic E-state index is 10.8. The van der Waals surface area contributed by atoms with Gasteiger partial charge < -0.3 is 30.3 Å². The summed E-state index contributed by atoms with van der Waals surface area (Å²) in [6.45, 7) is 3.97. The molecule has 0 aliphatic carbocycles. The summed E-state index contributed by atoms with van der Waals surface area (Å²) in [4.78, 5) is 61.4. The van der Waals surface area contributed by atoms with E-state index in [1.165, 1.54) is 0 Å². The summed E-state index contributed by atoms with van der Waals surface area (Å²) in [7, 11) is 0. The molecule has 0 fully saturated rings. The quantitative estimate of drug-likeness (QED) is 0.468. The molecule has 0 atom stereocenters. The van der Waals surface area contributed by atoms with Gasteiger partial charge in [0, 0.05) is 38.1 Å². The molecule has 0 radical (unpaired) electrons. The van der Waals surface area contributed by atoms with Gasteiger partial charge in [0.25, 0.3) is 0 Å². The molecule has 12 nitrogen and oxygen atoms in total. The van der Waals surface area contributed by atoms with Crippen molar-refractivity contribution in [1.29, 1.82) is 0 Å². The number of hydrogen-bond donors (Lipinski definition) is 0. The van der Waals surface area contributed by atoms with Crippen LogP contribution in [0.25, 0.3) is 0 Å². The summed E-state index contributed by atoms with van der Waals surface area (Å²) in [5, 5.41) is 1.15. The molecule has 0 heterocycles. The molecule has 0 spiro atoms. The van der Waals surface area contributed by atoms with Crippen LogP contribution in [-0.2, 0) is 38.5 Å². The fourth-order valence-electron chi connectivity index (χ4n) is 0.957. The van der Waals surface area contributed by atoms with Gasteiger partial charge in [0.1, 0.15) is 0 Å². The molecule has 0 unspecified atom stereocenters. The lowest BCUT2D eigenvalue weighted by Crippen LogP contribution is -2.38. The fourth-order valence-corrected chi connectivity index (χ4v) is 0.957. The summed E-state index contributed by atoms with van der Waals surface area (Å²) < 4.78 is 0. The second-order valence-corrected chi connectivity index (χ2v) is 3.44. The summed E-state index contributed by atoms with van der Waals surface area (Å²) in [6.07, 6.45) is 0. The Hall–Kier alpha value is -2.28. The molecule has 0 saturated carbocycles.